The average molecular weight is 399 g/mol. The van der Waals surface area contributed by atoms with Crippen LogP contribution in [0.25, 0.3) is 11.0 Å². The first-order valence-corrected chi connectivity index (χ1v) is 9.61. The van der Waals surface area contributed by atoms with Crippen molar-refractivity contribution >= 4 is 28.5 Å². The highest BCUT2D eigenvalue weighted by Gasteiger charge is 2.14. The van der Waals surface area contributed by atoms with Crippen LogP contribution in [0.3, 0.4) is 0 Å². The summed E-state index contributed by atoms with van der Waals surface area (Å²) in [5.74, 6) is -0.540. The van der Waals surface area contributed by atoms with Gasteiger partial charge in [-0.1, -0.05) is 59.3 Å². The van der Waals surface area contributed by atoms with E-state index in [1.54, 1.807) is 24.3 Å². The molecule has 150 valence electrons. The number of rotatable bonds is 6. The number of hydrogen-bond acceptors (Lipinski definition) is 4. The highest BCUT2D eigenvalue weighted by atomic mass is 16.2. The van der Waals surface area contributed by atoms with Crippen LogP contribution >= 0.6 is 0 Å². The van der Waals surface area contributed by atoms with E-state index in [-0.39, 0.29) is 18.4 Å². The number of para-hydroxylation sites is 2. The number of carbonyl (C=O) groups is 2. The van der Waals surface area contributed by atoms with Gasteiger partial charge in [0, 0.05) is 6.54 Å². The molecule has 2 amide bonds. The van der Waals surface area contributed by atoms with Crippen LogP contribution in [0.1, 0.15) is 21.5 Å². The standard InChI is InChI=1S/C23H21N5O2/c1-16-10-12-17(13-11-16)14-24-23(30)18-6-2-3-7-19(18)25-22(29)15-28-21-9-5-4-8-20(21)26-27-28/h2-13H,14-15H2,1H3,(H,24,30)(H,25,29). The maximum atomic E-state index is 12.7. The number of carbonyl (C=O) groups excluding carboxylic acids is 2. The van der Waals surface area contributed by atoms with Crippen molar-refractivity contribution in [2.75, 3.05) is 5.32 Å². The third-order valence-electron chi connectivity index (χ3n) is 4.73. The number of aryl methyl sites for hydroxylation is 1. The monoisotopic (exact) mass is 399 g/mol. The summed E-state index contributed by atoms with van der Waals surface area (Å²) < 4.78 is 1.53. The van der Waals surface area contributed by atoms with Crippen LogP contribution in [0.5, 0.6) is 0 Å². The van der Waals surface area contributed by atoms with Crippen molar-refractivity contribution in [2.45, 2.75) is 20.0 Å². The van der Waals surface area contributed by atoms with Crippen molar-refractivity contribution in [3.8, 4) is 0 Å². The molecule has 0 unspecified atom stereocenters. The third-order valence-corrected chi connectivity index (χ3v) is 4.73. The second-order valence-corrected chi connectivity index (χ2v) is 7.00. The fourth-order valence-corrected chi connectivity index (χ4v) is 3.13. The second kappa shape index (κ2) is 8.57. The smallest absolute Gasteiger partial charge is 0.253 e. The van der Waals surface area contributed by atoms with Gasteiger partial charge in [0.05, 0.1) is 16.8 Å². The first kappa shape index (κ1) is 19.3. The number of nitrogens with zero attached hydrogens (tertiary/aromatic N) is 3. The van der Waals surface area contributed by atoms with Gasteiger partial charge in [0.25, 0.3) is 5.91 Å². The fourth-order valence-electron chi connectivity index (χ4n) is 3.13. The van der Waals surface area contributed by atoms with E-state index in [2.05, 4.69) is 20.9 Å². The molecular weight excluding hydrogens is 378 g/mol. The van der Waals surface area contributed by atoms with E-state index in [0.29, 0.717) is 17.8 Å². The second-order valence-electron chi connectivity index (χ2n) is 7.00. The molecule has 0 aliphatic carbocycles. The Bertz CT molecular complexity index is 1200. The molecular formula is C23H21N5O2. The number of benzene rings is 3. The predicted molar refractivity (Wildman–Crippen MR) is 115 cm³/mol. The Kier molecular flexibility index (Phi) is 5.52. The van der Waals surface area contributed by atoms with Crippen molar-refractivity contribution in [3.63, 3.8) is 0 Å². The SMILES string of the molecule is Cc1ccc(CNC(=O)c2ccccc2NC(=O)Cn2nnc3ccccc32)cc1. The minimum atomic E-state index is -0.288. The zero-order valence-electron chi connectivity index (χ0n) is 16.5. The molecule has 1 aromatic heterocycles. The lowest BCUT2D eigenvalue weighted by Gasteiger charge is -2.12. The summed E-state index contributed by atoms with van der Waals surface area (Å²) in [6.07, 6.45) is 0. The molecule has 2 N–H and O–H groups in total. The van der Waals surface area contributed by atoms with Crippen LogP contribution in [-0.2, 0) is 17.9 Å². The largest absolute Gasteiger partial charge is 0.348 e. The normalized spacial score (nSPS) is 10.7. The predicted octanol–water partition coefficient (Wildman–Crippen LogP) is 3.31. The summed E-state index contributed by atoms with van der Waals surface area (Å²) in [6.45, 7) is 2.43. The lowest BCUT2D eigenvalue weighted by Crippen LogP contribution is -2.26. The van der Waals surface area contributed by atoms with Gasteiger partial charge in [-0.3, -0.25) is 9.59 Å². The maximum absolute atomic E-state index is 12.7. The van der Waals surface area contributed by atoms with Crippen LogP contribution in [0.15, 0.2) is 72.8 Å². The van der Waals surface area contributed by atoms with E-state index in [4.69, 9.17) is 0 Å². The number of anilines is 1. The van der Waals surface area contributed by atoms with E-state index in [9.17, 15) is 9.59 Å². The van der Waals surface area contributed by atoms with Crippen molar-refractivity contribution in [1.82, 2.24) is 20.3 Å². The number of fused-ring (bicyclic) bond motifs is 1. The van der Waals surface area contributed by atoms with Gasteiger partial charge in [0.2, 0.25) is 5.91 Å². The lowest BCUT2D eigenvalue weighted by molar-refractivity contribution is -0.116. The molecule has 4 rings (SSSR count). The van der Waals surface area contributed by atoms with Crippen LogP contribution in [0.2, 0.25) is 0 Å². The molecule has 0 spiro atoms. The Labute approximate surface area is 173 Å². The summed E-state index contributed by atoms with van der Waals surface area (Å²) in [5.41, 5.74) is 4.53. The van der Waals surface area contributed by atoms with Crippen LogP contribution in [0, 0.1) is 6.92 Å². The van der Waals surface area contributed by atoms with E-state index >= 15 is 0 Å². The number of aromatic nitrogens is 3. The molecule has 30 heavy (non-hydrogen) atoms. The minimum Gasteiger partial charge on any atom is -0.348 e. The molecule has 0 atom stereocenters. The van der Waals surface area contributed by atoms with E-state index in [0.717, 1.165) is 16.6 Å². The number of hydrogen-bond donors (Lipinski definition) is 2. The summed E-state index contributed by atoms with van der Waals surface area (Å²) in [6, 6.07) is 22.3. The fraction of sp³-hybridized carbons (Fsp3) is 0.130. The van der Waals surface area contributed by atoms with E-state index in [1.165, 1.54) is 10.2 Å². The first-order valence-electron chi connectivity index (χ1n) is 9.61. The molecule has 3 aromatic carbocycles. The Morgan fingerprint density at radius 1 is 0.933 bits per heavy atom. The average Bonchev–Trinajstić information content (AvgIpc) is 3.16. The zero-order chi connectivity index (χ0) is 20.9. The summed E-state index contributed by atoms with van der Waals surface area (Å²) in [4.78, 5) is 25.3. The lowest BCUT2D eigenvalue weighted by atomic mass is 10.1. The van der Waals surface area contributed by atoms with Gasteiger partial charge in [-0.05, 0) is 36.8 Å². The van der Waals surface area contributed by atoms with E-state index in [1.807, 2.05) is 55.5 Å². The summed E-state index contributed by atoms with van der Waals surface area (Å²) in [7, 11) is 0. The third kappa shape index (κ3) is 4.35. The maximum Gasteiger partial charge on any atom is 0.253 e. The molecule has 0 saturated heterocycles. The van der Waals surface area contributed by atoms with Crippen molar-refractivity contribution in [1.29, 1.82) is 0 Å². The molecule has 0 aliphatic rings. The van der Waals surface area contributed by atoms with Gasteiger partial charge < -0.3 is 10.6 Å². The highest BCUT2D eigenvalue weighted by Crippen LogP contribution is 2.16. The highest BCUT2D eigenvalue weighted by molar-refractivity contribution is 6.03. The van der Waals surface area contributed by atoms with E-state index < -0.39 is 0 Å². The molecule has 0 bridgehead atoms. The van der Waals surface area contributed by atoms with Crippen LogP contribution in [-0.4, -0.2) is 26.8 Å². The summed E-state index contributed by atoms with van der Waals surface area (Å²) >= 11 is 0. The minimum absolute atomic E-state index is 0.000166. The van der Waals surface area contributed by atoms with Gasteiger partial charge >= 0.3 is 0 Å². The van der Waals surface area contributed by atoms with Crippen LogP contribution in [0.4, 0.5) is 5.69 Å². The molecule has 1 heterocycles. The topological polar surface area (TPSA) is 88.9 Å². The Balaban J connectivity index is 1.44. The molecule has 7 nitrogen and oxygen atoms in total. The first-order chi connectivity index (χ1) is 14.6. The van der Waals surface area contributed by atoms with Gasteiger partial charge in [0.15, 0.2) is 0 Å². The van der Waals surface area contributed by atoms with Crippen molar-refractivity contribution in [3.05, 3.63) is 89.5 Å². The van der Waals surface area contributed by atoms with Gasteiger partial charge in [0.1, 0.15) is 12.1 Å². The molecule has 0 radical (unpaired) electrons. The Morgan fingerprint density at radius 2 is 1.67 bits per heavy atom. The zero-order valence-corrected chi connectivity index (χ0v) is 16.5. The van der Waals surface area contributed by atoms with Gasteiger partial charge in [-0.2, -0.15) is 0 Å². The van der Waals surface area contributed by atoms with Crippen LogP contribution < -0.4 is 10.6 Å². The molecule has 7 heteroatoms. The quantitative estimate of drug-likeness (QED) is 0.521. The van der Waals surface area contributed by atoms with Gasteiger partial charge in [-0.25, -0.2) is 4.68 Å². The number of amides is 2. The Hall–Kier alpha value is -4.00. The Morgan fingerprint density at radius 3 is 2.50 bits per heavy atom. The van der Waals surface area contributed by atoms with Crippen molar-refractivity contribution < 1.29 is 9.59 Å². The number of nitrogens with one attached hydrogen (secondary N) is 2. The molecule has 0 fully saturated rings. The molecule has 0 aliphatic heterocycles. The van der Waals surface area contributed by atoms with Crippen molar-refractivity contribution in [2.24, 2.45) is 0 Å². The molecule has 0 saturated carbocycles. The van der Waals surface area contributed by atoms with Gasteiger partial charge in [-0.15, -0.1) is 5.10 Å². The summed E-state index contributed by atoms with van der Waals surface area (Å²) in [5, 5.41) is 13.8. The molecule has 4 aromatic rings.